The first-order valence-corrected chi connectivity index (χ1v) is 14.1. The van der Waals surface area contributed by atoms with Gasteiger partial charge in [0.2, 0.25) is 11.8 Å². The molecule has 39 heavy (non-hydrogen) atoms. The molecule has 0 aromatic heterocycles. The van der Waals surface area contributed by atoms with Gasteiger partial charge in [0.15, 0.2) is 0 Å². The molecule has 1 atom stereocenters. The zero-order chi connectivity index (χ0) is 26.8. The summed E-state index contributed by atoms with van der Waals surface area (Å²) in [5.74, 6) is -0.0303. The van der Waals surface area contributed by atoms with Crippen LogP contribution in [0, 0.1) is 11.3 Å². The zero-order valence-electron chi connectivity index (χ0n) is 22.4. The summed E-state index contributed by atoms with van der Waals surface area (Å²) in [4.78, 5) is 44.9. The number of benzene rings is 3. The first-order valence-electron chi connectivity index (χ1n) is 14.1. The molecule has 1 N–H and O–H groups in total. The summed E-state index contributed by atoms with van der Waals surface area (Å²) in [7, 11) is 0. The first-order chi connectivity index (χ1) is 19.0. The molecule has 3 aliphatic rings. The number of carbonyl (C=O) groups excluding carboxylic acids is 3. The number of anilines is 1. The SMILES string of the molecule is O=C1CC(C(=O)N2CCC3(CCN(C(=O)Nc4cccc5ccccc45)CC3)C2)CN1CCc1ccccc1. The molecule has 1 unspecified atom stereocenters. The number of rotatable bonds is 5. The van der Waals surface area contributed by atoms with E-state index in [0.717, 1.165) is 55.2 Å². The van der Waals surface area contributed by atoms with Crippen LogP contribution in [0.4, 0.5) is 10.5 Å². The standard InChI is InChI=1S/C32H36N4O3/c37-29-21-26(22-35(29)17-13-24-7-2-1-3-8-24)30(38)36-20-16-32(23-36)14-18-34(19-15-32)31(39)33-28-12-6-10-25-9-4-5-11-27(25)28/h1-12,26H,13-23H2,(H,33,39). The Hall–Kier alpha value is -3.87. The van der Waals surface area contributed by atoms with E-state index in [0.29, 0.717) is 32.6 Å². The van der Waals surface area contributed by atoms with Crippen LogP contribution in [0.25, 0.3) is 10.8 Å². The minimum absolute atomic E-state index is 0.0628. The van der Waals surface area contributed by atoms with Crippen LogP contribution in [0.1, 0.15) is 31.2 Å². The molecule has 3 aromatic rings. The van der Waals surface area contributed by atoms with Gasteiger partial charge in [-0.1, -0.05) is 66.7 Å². The summed E-state index contributed by atoms with van der Waals surface area (Å²) in [6.07, 6.45) is 3.89. The molecule has 6 rings (SSSR count). The Labute approximate surface area is 229 Å². The average Bonchev–Trinajstić information content (AvgIpc) is 3.56. The second-order valence-corrected chi connectivity index (χ2v) is 11.4. The molecule has 202 valence electrons. The number of fused-ring (bicyclic) bond motifs is 1. The minimum atomic E-state index is -0.241. The Morgan fingerprint density at radius 2 is 1.54 bits per heavy atom. The van der Waals surface area contributed by atoms with Gasteiger partial charge in [-0.15, -0.1) is 0 Å². The van der Waals surface area contributed by atoms with Crippen molar-refractivity contribution in [3.05, 3.63) is 78.4 Å². The van der Waals surface area contributed by atoms with Crippen molar-refractivity contribution in [3.8, 4) is 0 Å². The van der Waals surface area contributed by atoms with Gasteiger partial charge in [0, 0.05) is 51.1 Å². The molecule has 3 aromatic carbocycles. The summed E-state index contributed by atoms with van der Waals surface area (Å²) in [6, 6.07) is 24.1. The Kier molecular flexibility index (Phi) is 6.98. The van der Waals surface area contributed by atoms with Gasteiger partial charge in [0.05, 0.1) is 11.6 Å². The lowest BCUT2D eigenvalue weighted by atomic mass is 9.78. The van der Waals surface area contributed by atoms with Crippen molar-refractivity contribution in [2.24, 2.45) is 11.3 Å². The van der Waals surface area contributed by atoms with Crippen LogP contribution >= 0.6 is 0 Å². The molecule has 0 bridgehead atoms. The number of nitrogens with zero attached hydrogens (tertiary/aromatic N) is 3. The van der Waals surface area contributed by atoms with Gasteiger partial charge >= 0.3 is 6.03 Å². The average molecular weight is 525 g/mol. The summed E-state index contributed by atoms with van der Waals surface area (Å²) >= 11 is 0. The monoisotopic (exact) mass is 524 g/mol. The molecule has 1 spiro atoms. The molecule has 7 heteroatoms. The van der Waals surface area contributed by atoms with E-state index in [4.69, 9.17) is 0 Å². The van der Waals surface area contributed by atoms with Crippen LogP contribution in [0.5, 0.6) is 0 Å². The van der Waals surface area contributed by atoms with E-state index in [1.54, 1.807) is 0 Å². The fraction of sp³-hybridized carbons (Fsp3) is 0.406. The highest BCUT2D eigenvalue weighted by Gasteiger charge is 2.45. The van der Waals surface area contributed by atoms with E-state index >= 15 is 0 Å². The smallest absolute Gasteiger partial charge is 0.321 e. The number of hydrogen-bond donors (Lipinski definition) is 1. The van der Waals surface area contributed by atoms with Crippen LogP contribution in [-0.2, 0) is 16.0 Å². The topological polar surface area (TPSA) is 73.0 Å². The van der Waals surface area contributed by atoms with Gasteiger partial charge in [-0.05, 0) is 48.1 Å². The number of carbonyl (C=O) groups is 3. The Balaban J connectivity index is 1.00. The highest BCUT2D eigenvalue weighted by Crippen LogP contribution is 2.41. The molecule has 7 nitrogen and oxygen atoms in total. The number of amides is 4. The third-order valence-electron chi connectivity index (χ3n) is 8.97. The van der Waals surface area contributed by atoms with E-state index in [2.05, 4.69) is 17.4 Å². The quantitative estimate of drug-likeness (QED) is 0.522. The summed E-state index contributed by atoms with van der Waals surface area (Å²) in [5.41, 5.74) is 2.11. The molecular weight excluding hydrogens is 488 g/mol. The third-order valence-corrected chi connectivity index (χ3v) is 8.97. The van der Waals surface area contributed by atoms with Crippen molar-refractivity contribution in [2.75, 3.05) is 44.6 Å². The van der Waals surface area contributed by atoms with Crippen LogP contribution in [0.3, 0.4) is 0 Å². The summed E-state index contributed by atoms with van der Waals surface area (Å²) in [6.45, 7) is 4.04. The van der Waals surface area contributed by atoms with Crippen LogP contribution in [-0.4, -0.2) is 71.8 Å². The number of hydrogen-bond acceptors (Lipinski definition) is 3. The van der Waals surface area contributed by atoms with E-state index in [-0.39, 0.29) is 29.2 Å². The highest BCUT2D eigenvalue weighted by atomic mass is 16.2. The van der Waals surface area contributed by atoms with E-state index in [1.807, 2.05) is 75.4 Å². The molecular formula is C32H36N4O3. The van der Waals surface area contributed by atoms with Crippen molar-refractivity contribution in [2.45, 2.75) is 32.1 Å². The maximum atomic E-state index is 13.4. The summed E-state index contributed by atoms with van der Waals surface area (Å²) < 4.78 is 0. The van der Waals surface area contributed by atoms with Crippen molar-refractivity contribution in [1.82, 2.24) is 14.7 Å². The molecule has 4 amide bonds. The van der Waals surface area contributed by atoms with Gasteiger partial charge in [0.1, 0.15) is 0 Å². The van der Waals surface area contributed by atoms with Gasteiger partial charge < -0.3 is 20.0 Å². The fourth-order valence-electron chi connectivity index (χ4n) is 6.56. The van der Waals surface area contributed by atoms with Crippen LogP contribution < -0.4 is 5.32 Å². The lowest BCUT2D eigenvalue weighted by Gasteiger charge is -2.39. The molecule has 3 saturated heterocycles. The number of piperidine rings is 1. The van der Waals surface area contributed by atoms with Crippen molar-refractivity contribution in [3.63, 3.8) is 0 Å². The second-order valence-electron chi connectivity index (χ2n) is 11.4. The third kappa shape index (κ3) is 5.35. The van der Waals surface area contributed by atoms with Crippen molar-refractivity contribution in [1.29, 1.82) is 0 Å². The molecule has 0 saturated carbocycles. The highest BCUT2D eigenvalue weighted by molar-refractivity contribution is 6.01. The zero-order valence-corrected chi connectivity index (χ0v) is 22.4. The van der Waals surface area contributed by atoms with Gasteiger partial charge in [-0.3, -0.25) is 9.59 Å². The van der Waals surface area contributed by atoms with Crippen LogP contribution in [0.2, 0.25) is 0 Å². The maximum Gasteiger partial charge on any atom is 0.321 e. The second kappa shape index (κ2) is 10.7. The minimum Gasteiger partial charge on any atom is -0.342 e. The normalized spacial score (nSPS) is 20.7. The maximum absolute atomic E-state index is 13.4. The Morgan fingerprint density at radius 3 is 2.33 bits per heavy atom. The van der Waals surface area contributed by atoms with E-state index in [9.17, 15) is 14.4 Å². The molecule has 3 aliphatic heterocycles. The van der Waals surface area contributed by atoms with Crippen LogP contribution in [0.15, 0.2) is 72.8 Å². The number of urea groups is 1. The van der Waals surface area contributed by atoms with Gasteiger partial charge in [-0.25, -0.2) is 4.79 Å². The Morgan fingerprint density at radius 1 is 0.846 bits per heavy atom. The molecule has 0 radical (unpaired) electrons. The molecule has 3 fully saturated rings. The van der Waals surface area contributed by atoms with Gasteiger partial charge in [0.25, 0.3) is 0 Å². The van der Waals surface area contributed by atoms with E-state index in [1.165, 1.54) is 5.56 Å². The van der Waals surface area contributed by atoms with Crippen molar-refractivity contribution >= 4 is 34.3 Å². The predicted molar refractivity (Wildman–Crippen MR) is 152 cm³/mol. The largest absolute Gasteiger partial charge is 0.342 e. The molecule has 3 heterocycles. The van der Waals surface area contributed by atoms with Gasteiger partial charge in [-0.2, -0.15) is 0 Å². The Bertz CT molecular complexity index is 1360. The number of nitrogens with one attached hydrogen (secondary N) is 1. The lowest BCUT2D eigenvalue weighted by Crippen LogP contribution is -2.46. The number of likely N-dealkylation sites (tertiary alicyclic amines) is 3. The lowest BCUT2D eigenvalue weighted by molar-refractivity contribution is -0.135. The van der Waals surface area contributed by atoms with E-state index < -0.39 is 0 Å². The summed E-state index contributed by atoms with van der Waals surface area (Å²) in [5, 5.41) is 5.25. The van der Waals surface area contributed by atoms with Crippen molar-refractivity contribution < 1.29 is 14.4 Å². The first kappa shape index (κ1) is 25.4. The molecule has 0 aliphatic carbocycles. The fourth-order valence-corrected chi connectivity index (χ4v) is 6.56. The predicted octanol–water partition coefficient (Wildman–Crippen LogP) is 4.78.